The van der Waals surface area contributed by atoms with Gasteiger partial charge in [-0.25, -0.2) is 9.78 Å². The van der Waals surface area contributed by atoms with Crippen LogP contribution in [0.4, 0.5) is 11.5 Å². The summed E-state index contributed by atoms with van der Waals surface area (Å²) in [4.78, 5) is 36.2. The van der Waals surface area contributed by atoms with Crippen LogP contribution in [0.1, 0.15) is 43.6 Å². The third kappa shape index (κ3) is 3.57. The van der Waals surface area contributed by atoms with E-state index in [-0.39, 0.29) is 17.5 Å². The third-order valence-electron chi connectivity index (χ3n) is 6.41. The molecule has 1 fully saturated rings. The van der Waals surface area contributed by atoms with E-state index in [1.54, 1.807) is 31.0 Å². The van der Waals surface area contributed by atoms with Crippen LogP contribution in [0.25, 0.3) is 11.1 Å². The number of hydrogen-bond acceptors (Lipinski definition) is 5. The molecule has 7 heteroatoms. The minimum Gasteiger partial charge on any atom is -0.478 e. The number of likely N-dealkylation sites (N-methyl/N-ethyl adjacent to an activating group) is 1. The number of anilines is 2. The fourth-order valence-electron chi connectivity index (χ4n) is 4.62. The van der Waals surface area contributed by atoms with E-state index in [4.69, 9.17) is 0 Å². The Labute approximate surface area is 183 Å². The van der Waals surface area contributed by atoms with Gasteiger partial charge in [-0.2, -0.15) is 0 Å². The first-order chi connectivity index (χ1) is 14.6. The van der Waals surface area contributed by atoms with Crippen molar-refractivity contribution in [2.45, 2.75) is 39.2 Å². The molecule has 0 radical (unpaired) electrons. The second-order valence-electron chi connectivity index (χ2n) is 9.31. The molecule has 0 spiro atoms. The number of piperazine rings is 1. The van der Waals surface area contributed by atoms with Crippen LogP contribution in [0.5, 0.6) is 0 Å². The maximum absolute atomic E-state index is 13.1. The molecule has 4 rings (SSSR count). The summed E-state index contributed by atoms with van der Waals surface area (Å²) in [7, 11) is 2.12. The molecule has 2 aliphatic rings. The highest BCUT2D eigenvalue weighted by Crippen LogP contribution is 2.46. The standard InChI is InChI=1S/C24H30N4O3/c1-15(2)28-19-13-17(12-18(22(29)30)21(19)24(3,4)23(28)31)16-6-7-20(25-14-16)27-10-8-26(5)9-11-27/h6-7,12-15H,8-11H2,1-5H3,(H,29,30). The first-order valence-electron chi connectivity index (χ1n) is 10.8. The van der Waals surface area contributed by atoms with Crippen molar-refractivity contribution in [3.05, 3.63) is 41.6 Å². The number of hydrogen-bond donors (Lipinski definition) is 1. The van der Waals surface area contributed by atoms with Gasteiger partial charge >= 0.3 is 5.97 Å². The molecule has 1 N–H and O–H groups in total. The average Bonchev–Trinajstić information content (AvgIpc) is 2.93. The zero-order valence-corrected chi connectivity index (χ0v) is 18.8. The maximum atomic E-state index is 13.1. The first kappa shape index (κ1) is 21.3. The van der Waals surface area contributed by atoms with Gasteiger partial charge in [-0.3, -0.25) is 4.79 Å². The van der Waals surface area contributed by atoms with E-state index in [1.165, 1.54) is 0 Å². The van der Waals surface area contributed by atoms with Gasteiger partial charge in [0.1, 0.15) is 5.82 Å². The third-order valence-corrected chi connectivity index (χ3v) is 6.41. The number of benzene rings is 1. The zero-order valence-electron chi connectivity index (χ0n) is 18.8. The van der Waals surface area contributed by atoms with Crippen LogP contribution >= 0.6 is 0 Å². The molecule has 0 aliphatic carbocycles. The van der Waals surface area contributed by atoms with Gasteiger partial charge in [-0.05, 0) is 64.6 Å². The number of pyridine rings is 1. The Bertz CT molecular complexity index is 1020. The predicted octanol–water partition coefficient (Wildman–Crippen LogP) is 3.23. The van der Waals surface area contributed by atoms with Gasteiger partial charge in [0.25, 0.3) is 0 Å². The van der Waals surface area contributed by atoms with Gasteiger partial charge < -0.3 is 19.8 Å². The molecule has 31 heavy (non-hydrogen) atoms. The minimum atomic E-state index is -1.02. The molecule has 2 aliphatic heterocycles. The second kappa shape index (κ2) is 7.64. The lowest BCUT2D eigenvalue weighted by Gasteiger charge is -2.33. The summed E-state index contributed by atoms with van der Waals surface area (Å²) in [6.45, 7) is 11.4. The van der Waals surface area contributed by atoms with Crippen LogP contribution in [0.15, 0.2) is 30.5 Å². The summed E-state index contributed by atoms with van der Waals surface area (Å²) >= 11 is 0. The Morgan fingerprint density at radius 3 is 2.32 bits per heavy atom. The zero-order chi connectivity index (χ0) is 22.5. The Morgan fingerprint density at radius 2 is 1.77 bits per heavy atom. The van der Waals surface area contributed by atoms with E-state index in [0.717, 1.165) is 43.1 Å². The van der Waals surface area contributed by atoms with Crippen molar-refractivity contribution >= 4 is 23.4 Å². The SMILES string of the molecule is CC(C)N1C(=O)C(C)(C)c2c(C(=O)O)cc(-c3ccc(N4CCN(C)CC4)nc3)cc21. The number of fused-ring (bicyclic) bond motifs is 1. The summed E-state index contributed by atoms with van der Waals surface area (Å²) in [6.07, 6.45) is 1.79. The Morgan fingerprint density at radius 1 is 1.10 bits per heavy atom. The van der Waals surface area contributed by atoms with Crippen LogP contribution in [0.2, 0.25) is 0 Å². The van der Waals surface area contributed by atoms with Crippen LogP contribution < -0.4 is 9.80 Å². The van der Waals surface area contributed by atoms with Crippen LogP contribution in [-0.4, -0.2) is 66.1 Å². The van der Waals surface area contributed by atoms with Gasteiger partial charge in [0, 0.05) is 55.2 Å². The molecule has 1 amide bonds. The lowest BCUT2D eigenvalue weighted by atomic mass is 9.82. The summed E-state index contributed by atoms with van der Waals surface area (Å²) in [5.74, 6) is -0.163. The smallest absolute Gasteiger partial charge is 0.336 e. The number of rotatable bonds is 4. The molecular formula is C24H30N4O3. The molecule has 3 heterocycles. The van der Waals surface area contributed by atoms with Crippen molar-refractivity contribution in [1.82, 2.24) is 9.88 Å². The van der Waals surface area contributed by atoms with Crippen molar-refractivity contribution in [3.63, 3.8) is 0 Å². The topological polar surface area (TPSA) is 77.0 Å². The number of carbonyl (C=O) groups excluding carboxylic acids is 1. The number of carboxylic acid groups (broad SMARTS) is 1. The number of carboxylic acids is 1. The summed E-state index contributed by atoms with van der Waals surface area (Å²) in [5, 5.41) is 9.94. The number of nitrogens with zero attached hydrogens (tertiary/aromatic N) is 4. The Balaban J connectivity index is 1.76. The van der Waals surface area contributed by atoms with Crippen molar-refractivity contribution in [3.8, 4) is 11.1 Å². The van der Waals surface area contributed by atoms with E-state index in [9.17, 15) is 14.7 Å². The van der Waals surface area contributed by atoms with Crippen molar-refractivity contribution in [2.24, 2.45) is 0 Å². The normalized spacial score (nSPS) is 18.6. The van der Waals surface area contributed by atoms with Gasteiger partial charge in [-0.1, -0.05) is 0 Å². The average molecular weight is 423 g/mol. The highest BCUT2D eigenvalue weighted by Gasteiger charge is 2.47. The number of carbonyl (C=O) groups is 2. The fraction of sp³-hybridized carbons (Fsp3) is 0.458. The fourth-order valence-corrected chi connectivity index (χ4v) is 4.62. The van der Waals surface area contributed by atoms with Crippen molar-refractivity contribution in [2.75, 3.05) is 43.0 Å². The second-order valence-corrected chi connectivity index (χ2v) is 9.31. The molecule has 0 bridgehead atoms. The predicted molar refractivity (Wildman–Crippen MR) is 122 cm³/mol. The van der Waals surface area contributed by atoms with Crippen LogP contribution in [-0.2, 0) is 10.2 Å². The van der Waals surface area contributed by atoms with Gasteiger partial charge in [0.2, 0.25) is 5.91 Å². The van der Waals surface area contributed by atoms with E-state index in [1.807, 2.05) is 32.0 Å². The number of aromatic carboxylic acids is 1. The monoisotopic (exact) mass is 422 g/mol. The Kier molecular flexibility index (Phi) is 5.25. The van der Waals surface area contributed by atoms with E-state index in [2.05, 4.69) is 21.8 Å². The maximum Gasteiger partial charge on any atom is 0.336 e. The number of aromatic nitrogens is 1. The molecule has 0 unspecified atom stereocenters. The van der Waals surface area contributed by atoms with Gasteiger partial charge in [0.05, 0.1) is 11.0 Å². The molecule has 1 aromatic carbocycles. The summed E-state index contributed by atoms with van der Waals surface area (Å²) < 4.78 is 0. The molecule has 1 saturated heterocycles. The molecule has 2 aromatic rings. The molecule has 164 valence electrons. The summed E-state index contributed by atoms with van der Waals surface area (Å²) in [6, 6.07) is 7.51. The number of amides is 1. The van der Waals surface area contributed by atoms with Gasteiger partial charge in [0.15, 0.2) is 0 Å². The molecule has 1 aromatic heterocycles. The molecule has 7 nitrogen and oxygen atoms in total. The molecular weight excluding hydrogens is 392 g/mol. The minimum absolute atomic E-state index is 0.0670. The van der Waals surface area contributed by atoms with E-state index < -0.39 is 11.4 Å². The quantitative estimate of drug-likeness (QED) is 0.815. The largest absolute Gasteiger partial charge is 0.478 e. The molecule has 0 atom stereocenters. The van der Waals surface area contributed by atoms with E-state index in [0.29, 0.717) is 11.3 Å². The molecule has 0 saturated carbocycles. The van der Waals surface area contributed by atoms with Crippen LogP contribution in [0, 0.1) is 0 Å². The van der Waals surface area contributed by atoms with Crippen molar-refractivity contribution < 1.29 is 14.7 Å². The highest BCUT2D eigenvalue weighted by molar-refractivity contribution is 6.12. The Hall–Kier alpha value is -2.93. The van der Waals surface area contributed by atoms with Gasteiger partial charge in [-0.15, -0.1) is 0 Å². The first-order valence-corrected chi connectivity index (χ1v) is 10.8. The summed E-state index contributed by atoms with van der Waals surface area (Å²) in [5.41, 5.74) is 2.16. The highest BCUT2D eigenvalue weighted by atomic mass is 16.4. The lowest BCUT2D eigenvalue weighted by molar-refractivity contribution is -0.122. The van der Waals surface area contributed by atoms with E-state index >= 15 is 0 Å². The van der Waals surface area contributed by atoms with Crippen molar-refractivity contribution in [1.29, 1.82) is 0 Å². The van der Waals surface area contributed by atoms with Crippen LogP contribution in [0.3, 0.4) is 0 Å². The lowest BCUT2D eigenvalue weighted by Crippen LogP contribution is -2.44.